The van der Waals surface area contributed by atoms with Gasteiger partial charge in [0.05, 0.1) is 12.2 Å². The summed E-state index contributed by atoms with van der Waals surface area (Å²) in [7, 11) is 0. The molecule has 122 valence electrons. The van der Waals surface area contributed by atoms with Crippen LogP contribution in [-0.4, -0.2) is 68.8 Å². The van der Waals surface area contributed by atoms with Crippen molar-refractivity contribution in [3.63, 3.8) is 0 Å². The average Bonchev–Trinajstić information content (AvgIpc) is 2.49. The van der Waals surface area contributed by atoms with E-state index in [0.29, 0.717) is 0 Å². The fraction of sp³-hybridized carbons (Fsp3) is 0.462. The highest BCUT2D eigenvalue weighted by Gasteiger charge is 2.44. The van der Waals surface area contributed by atoms with E-state index in [1.165, 1.54) is 0 Å². The first-order valence-corrected chi connectivity index (χ1v) is 6.36. The zero-order valence-electron chi connectivity index (χ0n) is 11.2. The predicted octanol–water partition coefficient (Wildman–Crippen LogP) is -2.36. The van der Waals surface area contributed by atoms with E-state index in [-0.39, 0.29) is 11.3 Å². The van der Waals surface area contributed by atoms with Crippen LogP contribution in [0.5, 0.6) is 11.5 Å². The molecule has 22 heavy (non-hydrogen) atoms. The molecular formula is C13H15O9-. The van der Waals surface area contributed by atoms with Crippen LogP contribution in [0.2, 0.25) is 0 Å². The number of carboxylic acid groups (broad SMARTS) is 1. The van der Waals surface area contributed by atoms with Crippen LogP contribution < -0.4 is 9.84 Å². The van der Waals surface area contributed by atoms with E-state index in [2.05, 4.69) is 0 Å². The zero-order valence-corrected chi connectivity index (χ0v) is 11.2. The van der Waals surface area contributed by atoms with Crippen LogP contribution >= 0.6 is 0 Å². The molecule has 5 atom stereocenters. The first kappa shape index (κ1) is 16.5. The van der Waals surface area contributed by atoms with E-state index in [1.54, 1.807) is 0 Å². The molecule has 5 N–H and O–H groups in total. The van der Waals surface area contributed by atoms with Crippen LogP contribution in [0.4, 0.5) is 0 Å². The topological polar surface area (TPSA) is 160 Å². The van der Waals surface area contributed by atoms with Crippen LogP contribution in [-0.2, 0) is 4.74 Å². The summed E-state index contributed by atoms with van der Waals surface area (Å²) in [6, 6.07) is 3.05. The van der Waals surface area contributed by atoms with Crippen molar-refractivity contribution in [2.24, 2.45) is 0 Å². The SMILES string of the molecule is O=C(O)c1ccc(O[C@@H]2O[C@H](CO)[C@@H](O)[C@H](O)[C@H]2O)c([O-])c1. The standard InChI is InChI=1S/C13H16O9/c14-4-8-9(16)10(17)11(18)13(22-8)21-7-2-1-5(12(19)20)3-6(7)15/h1-3,8-11,13-18H,4H2,(H,19,20)/p-1/t8-,9-,10+,11-,13-/m1/s1. The summed E-state index contributed by atoms with van der Waals surface area (Å²) in [5.41, 5.74) is -0.230. The Bertz CT molecular complexity index is 544. The van der Waals surface area contributed by atoms with E-state index >= 15 is 0 Å². The summed E-state index contributed by atoms with van der Waals surface area (Å²) >= 11 is 0. The summed E-state index contributed by atoms with van der Waals surface area (Å²) in [5.74, 6) is -2.33. The first-order valence-electron chi connectivity index (χ1n) is 6.36. The van der Waals surface area contributed by atoms with Gasteiger partial charge in [-0.2, -0.15) is 0 Å². The lowest BCUT2D eigenvalue weighted by atomic mass is 9.99. The number of ether oxygens (including phenoxy) is 2. The molecule has 0 saturated carbocycles. The van der Waals surface area contributed by atoms with Gasteiger partial charge in [0.15, 0.2) is 0 Å². The van der Waals surface area contributed by atoms with E-state index in [9.17, 15) is 25.2 Å². The Kier molecular flexibility index (Phi) is 4.84. The number of aromatic carboxylic acids is 1. The Morgan fingerprint density at radius 1 is 1.23 bits per heavy atom. The maximum atomic E-state index is 11.7. The fourth-order valence-corrected chi connectivity index (χ4v) is 2.03. The number of carbonyl (C=O) groups is 1. The van der Waals surface area contributed by atoms with Gasteiger partial charge >= 0.3 is 5.97 Å². The molecule has 0 aliphatic carbocycles. The summed E-state index contributed by atoms with van der Waals surface area (Å²) in [6.07, 6.45) is -7.50. The number of hydrogen-bond donors (Lipinski definition) is 5. The number of benzene rings is 1. The van der Waals surface area contributed by atoms with Crippen molar-refractivity contribution in [3.05, 3.63) is 23.8 Å². The smallest absolute Gasteiger partial charge is 0.335 e. The Morgan fingerprint density at radius 2 is 1.91 bits per heavy atom. The lowest BCUT2D eigenvalue weighted by Crippen LogP contribution is -2.60. The molecule has 1 aromatic carbocycles. The van der Waals surface area contributed by atoms with E-state index in [1.807, 2.05) is 0 Å². The van der Waals surface area contributed by atoms with Gasteiger partial charge in [-0.3, -0.25) is 0 Å². The molecule has 9 heteroatoms. The minimum absolute atomic E-state index is 0.230. The third kappa shape index (κ3) is 3.13. The van der Waals surface area contributed by atoms with Crippen molar-refractivity contribution in [2.75, 3.05) is 6.61 Å². The molecule has 0 bridgehead atoms. The molecule has 1 aliphatic heterocycles. The highest BCUT2D eigenvalue weighted by atomic mass is 16.7. The number of rotatable bonds is 4. The molecule has 1 fully saturated rings. The van der Waals surface area contributed by atoms with E-state index in [4.69, 9.17) is 19.7 Å². The lowest BCUT2D eigenvalue weighted by molar-refractivity contribution is -0.289. The minimum atomic E-state index is -1.66. The predicted molar refractivity (Wildman–Crippen MR) is 67.2 cm³/mol. The molecule has 0 radical (unpaired) electrons. The largest absolute Gasteiger partial charge is 0.870 e. The third-order valence-electron chi connectivity index (χ3n) is 3.28. The van der Waals surface area contributed by atoms with Gasteiger partial charge in [-0.15, -0.1) is 0 Å². The Labute approximate surface area is 124 Å². The van der Waals surface area contributed by atoms with Crippen LogP contribution in [0.25, 0.3) is 0 Å². The summed E-state index contributed by atoms with van der Waals surface area (Å²) < 4.78 is 10.2. The van der Waals surface area contributed by atoms with E-state index in [0.717, 1.165) is 18.2 Å². The molecule has 0 unspecified atom stereocenters. The molecule has 2 rings (SSSR count). The van der Waals surface area contributed by atoms with Crippen LogP contribution in [0.3, 0.4) is 0 Å². The zero-order chi connectivity index (χ0) is 16.4. The molecule has 1 saturated heterocycles. The molecule has 0 spiro atoms. The van der Waals surface area contributed by atoms with Crippen LogP contribution in [0.15, 0.2) is 18.2 Å². The fourth-order valence-electron chi connectivity index (χ4n) is 2.03. The van der Waals surface area contributed by atoms with Gasteiger partial charge in [0.1, 0.15) is 30.2 Å². The second-order valence-corrected chi connectivity index (χ2v) is 4.78. The van der Waals surface area contributed by atoms with Crippen molar-refractivity contribution in [1.82, 2.24) is 0 Å². The third-order valence-corrected chi connectivity index (χ3v) is 3.28. The highest BCUT2D eigenvalue weighted by Crippen LogP contribution is 2.29. The maximum Gasteiger partial charge on any atom is 0.335 e. The molecule has 0 aromatic heterocycles. The van der Waals surface area contributed by atoms with Gasteiger partial charge < -0.3 is 40.1 Å². The van der Waals surface area contributed by atoms with Gasteiger partial charge in [0.2, 0.25) is 6.29 Å². The number of hydrogen-bond acceptors (Lipinski definition) is 8. The van der Waals surface area contributed by atoms with Gasteiger partial charge in [0.25, 0.3) is 0 Å². The van der Waals surface area contributed by atoms with Gasteiger partial charge in [-0.25, -0.2) is 4.79 Å². The summed E-state index contributed by atoms with van der Waals surface area (Å²) in [6.45, 7) is -0.632. The van der Waals surface area contributed by atoms with Crippen molar-refractivity contribution in [3.8, 4) is 11.5 Å². The van der Waals surface area contributed by atoms with Crippen LogP contribution in [0, 0.1) is 0 Å². The highest BCUT2D eigenvalue weighted by molar-refractivity contribution is 5.88. The molecule has 1 aliphatic rings. The van der Waals surface area contributed by atoms with Crippen molar-refractivity contribution in [2.45, 2.75) is 30.7 Å². The number of aliphatic hydroxyl groups is 4. The Hall–Kier alpha value is -1.91. The number of aliphatic hydroxyl groups excluding tert-OH is 4. The average molecular weight is 315 g/mol. The van der Waals surface area contributed by atoms with Gasteiger partial charge in [-0.05, 0) is 12.1 Å². The van der Waals surface area contributed by atoms with Crippen molar-refractivity contribution >= 4 is 5.97 Å². The molecule has 1 heterocycles. The molecule has 9 nitrogen and oxygen atoms in total. The second-order valence-electron chi connectivity index (χ2n) is 4.78. The Morgan fingerprint density at radius 3 is 2.45 bits per heavy atom. The van der Waals surface area contributed by atoms with Gasteiger partial charge in [0, 0.05) is 0 Å². The van der Waals surface area contributed by atoms with Crippen LogP contribution in [0.1, 0.15) is 10.4 Å². The number of carboxylic acids is 1. The van der Waals surface area contributed by atoms with E-state index < -0.39 is 49.0 Å². The normalized spacial score (nSPS) is 31.7. The molecular weight excluding hydrogens is 300 g/mol. The molecule has 1 aromatic rings. The quantitative estimate of drug-likeness (QED) is 0.409. The second kappa shape index (κ2) is 6.46. The maximum absolute atomic E-state index is 11.7. The van der Waals surface area contributed by atoms with Gasteiger partial charge in [-0.1, -0.05) is 11.8 Å². The summed E-state index contributed by atoms with van der Waals surface area (Å²) in [4.78, 5) is 10.7. The minimum Gasteiger partial charge on any atom is -0.870 e. The first-order chi connectivity index (χ1) is 10.3. The lowest BCUT2D eigenvalue weighted by Gasteiger charge is -2.40. The van der Waals surface area contributed by atoms with Crippen molar-refractivity contribution < 1.29 is 44.9 Å². The Balaban J connectivity index is 2.17. The monoisotopic (exact) mass is 315 g/mol. The molecule has 0 amide bonds. The van der Waals surface area contributed by atoms with Crippen molar-refractivity contribution in [1.29, 1.82) is 0 Å². The summed E-state index contributed by atoms with van der Waals surface area (Å²) in [5, 5.41) is 58.5.